The predicted molar refractivity (Wildman–Crippen MR) is 135 cm³/mol. The molecular weight excluding hydrogens is 542 g/mol. The Morgan fingerprint density at radius 2 is 2.18 bits per heavy atom. The molecule has 4 heterocycles. The molecular formula is C23H19BrClN5O3S. The van der Waals surface area contributed by atoms with Gasteiger partial charge in [-0.15, -0.1) is 11.3 Å². The maximum Gasteiger partial charge on any atom is 0.276 e. The molecule has 0 bridgehead atoms. The second-order valence-corrected chi connectivity index (χ2v) is 10.3. The first-order valence-corrected chi connectivity index (χ1v) is 12.3. The molecule has 11 heteroatoms. The van der Waals surface area contributed by atoms with E-state index in [2.05, 4.69) is 42.4 Å². The van der Waals surface area contributed by atoms with Crippen LogP contribution in [0.2, 0.25) is 5.02 Å². The normalized spacial score (nSPS) is 13.9. The van der Waals surface area contributed by atoms with Gasteiger partial charge in [-0.1, -0.05) is 11.6 Å². The molecule has 0 saturated heterocycles. The highest BCUT2D eigenvalue weighted by Gasteiger charge is 2.33. The number of amides is 1. The first-order chi connectivity index (χ1) is 16.2. The third kappa shape index (κ3) is 4.28. The Morgan fingerprint density at radius 1 is 1.35 bits per heavy atom. The minimum Gasteiger partial charge on any atom is -0.493 e. The van der Waals surface area contributed by atoms with Gasteiger partial charge in [0, 0.05) is 35.2 Å². The first-order valence-electron chi connectivity index (χ1n) is 10.3. The molecule has 1 N–H and O–H groups in total. The fourth-order valence-corrected chi connectivity index (χ4v) is 5.10. The maximum atomic E-state index is 13.1. The van der Waals surface area contributed by atoms with Crippen LogP contribution in [-0.2, 0) is 6.42 Å². The number of benzene rings is 1. The van der Waals surface area contributed by atoms with Crippen LogP contribution < -0.4 is 14.8 Å². The smallest absolute Gasteiger partial charge is 0.276 e. The summed E-state index contributed by atoms with van der Waals surface area (Å²) in [4.78, 5) is 21.9. The summed E-state index contributed by atoms with van der Waals surface area (Å²) < 4.78 is 13.5. The third-order valence-corrected chi connectivity index (χ3v) is 6.66. The maximum absolute atomic E-state index is 13.1. The molecule has 0 fully saturated rings. The lowest BCUT2D eigenvalue weighted by atomic mass is 9.99. The van der Waals surface area contributed by atoms with Gasteiger partial charge in [0.2, 0.25) is 0 Å². The molecule has 1 aliphatic rings. The lowest BCUT2D eigenvalue weighted by molar-refractivity contribution is 0.101. The van der Waals surface area contributed by atoms with Gasteiger partial charge in [-0.2, -0.15) is 5.10 Å². The molecule has 0 unspecified atom stereocenters. The number of methoxy groups -OCH3 is 1. The lowest BCUT2D eigenvalue weighted by Gasteiger charge is -2.17. The topological polar surface area (TPSA) is 91.2 Å². The molecule has 1 aliphatic heterocycles. The fraction of sp³-hybridized carbons (Fsp3) is 0.217. The number of aromatic nitrogens is 4. The third-order valence-electron chi connectivity index (χ3n) is 5.22. The summed E-state index contributed by atoms with van der Waals surface area (Å²) in [5.41, 5.74) is 2.67. The van der Waals surface area contributed by atoms with E-state index in [1.54, 1.807) is 31.5 Å². The molecule has 34 heavy (non-hydrogen) atoms. The Hall–Kier alpha value is -2.95. The van der Waals surface area contributed by atoms with Crippen LogP contribution >= 0.6 is 38.9 Å². The Labute approximate surface area is 213 Å². The lowest BCUT2D eigenvalue weighted by Crippen LogP contribution is -2.24. The van der Waals surface area contributed by atoms with Gasteiger partial charge in [-0.25, -0.2) is 14.6 Å². The van der Waals surface area contributed by atoms with Crippen LogP contribution in [0.4, 0.5) is 5.13 Å². The van der Waals surface area contributed by atoms with E-state index >= 15 is 0 Å². The summed E-state index contributed by atoms with van der Waals surface area (Å²) in [6.45, 7) is 4.09. The van der Waals surface area contributed by atoms with Crippen molar-refractivity contribution in [2.24, 2.45) is 0 Å². The van der Waals surface area contributed by atoms with E-state index in [0.29, 0.717) is 26.3 Å². The van der Waals surface area contributed by atoms with Crippen molar-refractivity contribution >= 4 is 49.9 Å². The van der Waals surface area contributed by atoms with Crippen molar-refractivity contribution in [3.8, 4) is 28.6 Å². The van der Waals surface area contributed by atoms with Gasteiger partial charge >= 0.3 is 0 Å². The number of pyridine rings is 1. The van der Waals surface area contributed by atoms with Crippen LogP contribution in [0.5, 0.6) is 11.5 Å². The van der Waals surface area contributed by atoms with Crippen molar-refractivity contribution in [1.82, 2.24) is 19.7 Å². The van der Waals surface area contributed by atoms with E-state index in [9.17, 15) is 4.79 Å². The second-order valence-electron chi connectivity index (χ2n) is 8.27. The zero-order valence-corrected chi connectivity index (χ0v) is 21.6. The molecule has 0 spiro atoms. The van der Waals surface area contributed by atoms with Crippen molar-refractivity contribution in [2.45, 2.75) is 25.9 Å². The molecule has 1 aromatic carbocycles. The number of anilines is 1. The van der Waals surface area contributed by atoms with Gasteiger partial charge in [0.15, 0.2) is 22.4 Å². The van der Waals surface area contributed by atoms with Crippen LogP contribution in [0.15, 0.2) is 46.5 Å². The zero-order valence-electron chi connectivity index (χ0n) is 18.4. The standard InChI is InChI=1S/C23H19BrClN5O3S/c1-23(2)10-13-7-12(8-17(32-3)19(13)33-23)15-11-34-22(27-15)28-21(31)16-9-18(24)29-30(16)20-14(25)5-4-6-26-20/h4-9,11H,10H2,1-3H3,(H,27,28,31). The molecule has 0 radical (unpaired) electrons. The average molecular weight is 561 g/mol. The number of nitrogens with one attached hydrogen (secondary N) is 1. The number of nitrogens with zero attached hydrogens (tertiary/aromatic N) is 4. The van der Waals surface area contributed by atoms with Crippen molar-refractivity contribution in [1.29, 1.82) is 0 Å². The number of thiazole rings is 1. The summed E-state index contributed by atoms with van der Waals surface area (Å²) in [6, 6.07) is 8.95. The largest absolute Gasteiger partial charge is 0.493 e. The average Bonchev–Trinajstić information content (AvgIpc) is 3.49. The molecule has 4 aromatic rings. The van der Waals surface area contributed by atoms with Crippen LogP contribution in [0.1, 0.15) is 29.9 Å². The summed E-state index contributed by atoms with van der Waals surface area (Å²) in [5, 5.41) is 9.87. The van der Waals surface area contributed by atoms with Crippen LogP contribution in [0.25, 0.3) is 17.1 Å². The van der Waals surface area contributed by atoms with E-state index in [1.165, 1.54) is 16.0 Å². The number of fused-ring (bicyclic) bond motifs is 1. The number of hydrogen-bond donors (Lipinski definition) is 1. The summed E-state index contributed by atoms with van der Waals surface area (Å²) in [7, 11) is 1.62. The van der Waals surface area contributed by atoms with Gasteiger partial charge in [0.25, 0.3) is 5.91 Å². The van der Waals surface area contributed by atoms with E-state index < -0.39 is 0 Å². The number of carbonyl (C=O) groups excluding carboxylic acids is 1. The molecule has 1 amide bonds. The number of rotatable bonds is 5. The minimum absolute atomic E-state index is 0.266. The van der Waals surface area contributed by atoms with Gasteiger partial charge in [0.1, 0.15) is 15.9 Å². The van der Waals surface area contributed by atoms with Gasteiger partial charge in [0.05, 0.1) is 17.8 Å². The highest BCUT2D eigenvalue weighted by Crippen LogP contribution is 2.44. The fourth-order valence-electron chi connectivity index (χ4n) is 3.81. The Balaban J connectivity index is 1.42. The Bertz CT molecular complexity index is 1420. The monoisotopic (exact) mass is 559 g/mol. The van der Waals surface area contributed by atoms with E-state index in [1.807, 2.05) is 25.3 Å². The summed E-state index contributed by atoms with van der Waals surface area (Å²) in [6.07, 6.45) is 2.36. The molecule has 0 saturated carbocycles. The van der Waals surface area contributed by atoms with Crippen molar-refractivity contribution in [3.63, 3.8) is 0 Å². The van der Waals surface area contributed by atoms with Gasteiger partial charge in [-0.05, 0) is 54.0 Å². The zero-order chi connectivity index (χ0) is 24.0. The molecule has 0 aliphatic carbocycles. The van der Waals surface area contributed by atoms with Crippen molar-refractivity contribution in [3.05, 3.63) is 62.8 Å². The van der Waals surface area contributed by atoms with Crippen molar-refractivity contribution in [2.75, 3.05) is 12.4 Å². The highest BCUT2D eigenvalue weighted by molar-refractivity contribution is 9.10. The molecule has 8 nitrogen and oxygen atoms in total. The van der Waals surface area contributed by atoms with E-state index in [-0.39, 0.29) is 17.2 Å². The van der Waals surface area contributed by atoms with Gasteiger partial charge < -0.3 is 9.47 Å². The number of hydrogen-bond acceptors (Lipinski definition) is 7. The second kappa shape index (κ2) is 8.68. The minimum atomic E-state index is -0.387. The molecule has 0 atom stereocenters. The predicted octanol–water partition coefficient (Wildman–Crippen LogP) is 5.78. The summed E-state index contributed by atoms with van der Waals surface area (Å²) >= 11 is 10.9. The number of ether oxygens (including phenoxy) is 2. The number of halogens is 2. The van der Waals surface area contributed by atoms with Gasteiger partial charge in [-0.3, -0.25) is 10.1 Å². The van der Waals surface area contributed by atoms with Crippen LogP contribution in [0.3, 0.4) is 0 Å². The Kier molecular flexibility index (Phi) is 5.83. The molecule has 174 valence electrons. The quantitative estimate of drug-likeness (QED) is 0.333. The SMILES string of the molecule is COc1cc(-c2csc(NC(=O)c3cc(Br)nn3-c3ncccc3Cl)n2)cc2c1OC(C)(C)C2. The molecule has 3 aromatic heterocycles. The first kappa shape index (κ1) is 22.8. The number of carbonyl (C=O) groups is 1. The summed E-state index contributed by atoms with van der Waals surface area (Å²) in [5.74, 6) is 1.41. The van der Waals surface area contributed by atoms with E-state index in [0.717, 1.165) is 29.0 Å². The van der Waals surface area contributed by atoms with E-state index in [4.69, 9.17) is 21.1 Å². The Morgan fingerprint density at radius 3 is 2.94 bits per heavy atom. The van der Waals surface area contributed by atoms with Crippen LogP contribution in [-0.4, -0.2) is 38.4 Å². The highest BCUT2D eigenvalue weighted by atomic mass is 79.9. The van der Waals surface area contributed by atoms with Crippen LogP contribution in [0, 0.1) is 0 Å². The van der Waals surface area contributed by atoms with Crippen molar-refractivity contribution < 1.29 is 14.3 Å². The molecule has 5 rings (SSSR count).